The van der Waals surface area contributed by atoms with Crippen LogP contribution in [-0.4, -0.2) is 23.7 Å². The Morgan fingerprint density at radius 2 is 1.80 bits per heavy atom. The smallest absolute Gasteiger partial charge is 0.0571 e. The highest BCUT2D eigenvalue weighted by Crippen LogP contribution is 2.02. The van der Waals surface area contributed by atoms with E-state index in [0.29, 0.717) is 6.04 Å². The van der Waals surface area contributed by atoms with Gasteiger partial charge in [0.25, 0.3) is 0 Å². The molecule has 0 rings (SSSR count). The summed E-state index contributed by atoms with van der Waals surface area (Å²) in [6.07, 6.45) is 1.27. The monoisotopic (exact) mass is 144 g/mol. The Hall–Kier alpha value is -0.0800. The van der Waals surface area contributed by atoms with E-state index in [2.05, 4.69) is 32.6 Å². The van der Waals surface area contributed by atoms with Crippen molar-refractivity contribution in [3.05, 3.63) is 0 Å². The van der Waals surface area contributed by atoms with E-state index in [0.717, 1.165) is 13.0 Å². The van der Waals surface area contributed by atoms with Gasteiger partial charge in [-0.05, 0) is 26.8 Å². The molecular formula is C8H20N2. The topological polar surface area (TPSA) is 29.3 Å². The van der Waals surface area contributed by atoms with Crippen LogP contribution in [0.2, 0.25) is 0 Å². The summed E-state index contributed by atoms with van der Waals surface area (Å²) < 4.78 is 0. The third-order valence-corrected chi connectivity index (χ3v) is 1.87. The first-order chi connectivity index (χ1) is 4.63. The molecule has 1 atom stereocenters. The molecule has 0 aliphatic heterocycles. The molecule has 1 unspecified atom stereocenters. The SMILES string of the molecule is CCC(N)N(CC)C(C)C. The van der Waals surface area contributed by atoms with Gasteiger partial charge in [0, 0.05) is 6.04 Å². The Bertz CT molecular complexity index is 81.3. The van der Waals surface area contributed by atoms with E-state index in [-0.39, 0.29) is 6.17 Å². The fourth-order valence-electron chi connectivity index (χ4n) is 1.22. The molecule has 0 spiro atoms. The maximum absolute atomic E-state index is 5.85. The second-order valence-electron chi connectivity index (χ2n) is 2.90. The number of hydrogen-bond acceptors (Lipinski definition) is 2. The fourth-order valence-corrected chi connectivity index (χ4v) is 1.22. The minimum Gasteiger partial charge on any atom is -0.316 e. The van der Waals surface area contributed by atoms with Crippen LogP contribution in [0, 0.1) is 0 Å². The van der Waals surface area contributed by atoms with Crippen LogP contribution in [0.25, 0.3) is 0 Å². The van der Waals surface area contributed by atoms with Crippen molar-refractivity contribution >= 4 is 0 Å². The number of nitrogens with zero attached hydrogens (tertiary/aromatic N) is 1. The van der Waals surface area contributed by atoms with Crippen molar-refractivity contribution in [2.45, 2.75) is 46.3 Å². The molecule has 0 aromatic rings. The molecule has 0 heterocycles. The summed E-state index contributed by atoms with van der Waals surface area (Å²) in [6.45, 7) is 9.68. The van der Waals surface area contributed by atoms with Crippen molar-refractivity contribution < 1.29 is 0 Å². The van der Waals surface area contributed by atoms with Crippen LogP contribution in [0.1, 0.15) is 34.1 Å². The highest BCUT2D eigenvalue weighted by molar-refractivity contribution is 4.66. The van der Waals surface area contributed by atoms with Gasteiger partial charge in [-0.15, -0.1) is 0 Å². The molecule has 2 N–H and O–H groups in total. The van der Waals surface area contributed by atoms with E-state index in [1.807, 2.05) is 0 Å². The molecule has 0 saturated carbocycles. The van der Waals surface area contributed by atoms with E-state index in [9.17, 15) is 0 Å². The maximum atomic E-state index is 5.85. The Balaban J connectivity index is 3.80. The summed E-state index contributed by atoms with van der Waals surface area (Å²) in [5, 5.41) is 0. The lowest BCUT2D eigenvalue weighted by Crippen LogP contribution is -2.45. The lowest BCUT2D eigenvalue weighted by atomic mass is 10.2. The molecule has 0 radical (unpaired) electrons. The number of hydrogen-bond donors (Lipinski definition) is 1. The second-order valence-corrected chi connectivity index (χ2v) is 2.90. The van der Waals surface area contributed by atoms with Gasteiger partial charge in [0.05, 0.1) is 6.17 Å². The van der Waals surface area contributed by atoms with Crippen LogP contribution < -0.4 is 5.73 Å². The van der Waals surface area contributed by atoms with Crippen LogP contribution in [0.3, 0.4) is 0 Å². The highest BCUT2D eigenvalue weighted by atomic mass is 15.2. The van der Waals surface area contributed by atoms with Gasteiger partial charge in [-0.25, -0.2) is 0 Å². The van der Waals surface area contributed by atoms with Crippen molar-refractivity contribution in [2.24, 2.45) is 5.73 Å². The third kappa shape index (κ3) is 2.67. The Morgan fingerprint density at radius 1 is 1.30 bits per heavy atom. The molecule has 62 valence electrons. The molecule has 0 aliphatic carbocycles. The molecule has 2 heteroatoms. The number of rotatable bonds is 4. The molecule has 0 aliphatic rings. The highest BCUT2D eigenvalue weighted by Gasteiger charge is 2.12. The normalized spacial score (nSPS) is 14.7. The second kappa shape index (κ2) is 4.69. The molecule has 0 fully saturated rings. The van der Waals surface area contributed by atoms with Gasteiger partial charge in [-0.1, -0.05) is 13.8 Å². The van der Waals surface area contributed by atoms with Gasteiger partial charge in [0.1, 0.15) is 0 Å². The average Bonchev–Trinajstić information content (AvgIpc) is 1.88. The largest absolute Gasteiger partial charge is 0.316 e. The zero-order valence-corrected chi connectivity index (χ0v) is 7.59. The summed E-state index contributed by atoms with van der Waals surface area (Å²) in [5.41, 5.74) is 5.85. The summed E-state index contributed by atoms with van der Waals surface area (Å²) in [4.78, 5) is 2.29. The van der Waals surface area contributed by atoms with Crippen LogP contribution >= 0.6 is 0 Å². The number of nitrogens with two attached hydrogens (primary N) is 1. The quantitative estimate of drug-likeness (QED) is 0.604. The zero-order valence-electron chi connectivity index (χ0n) is 7.59. The summed E-state index contributed by atoms with van der Waals surface area (Å²) in [6, 6.07) is 0.569. The molecule has 10 heavy (non-hydrogen) atoms. The van der Waals surface area contributed by atoms with Crippen LogP contribution in [0.5, 0.6) is 0 Å². The van der Waals surface area contributed by atoms with E-state index in [1.54, 1.807) is 0 Å². The van der Waals surface area contributed by atoms with Crippen LogP contribution in [0.15, 0.2) is 0 Å². The minimum atomic E-state index is 0.241. The van der Waals surface area contributed by atoms with Crippen LogP contribution in [-0.2, 0) is 0 Å². The lowest BCUT2D eigenvalue weighted by Gasteiger charge is -2.30. The minimum absolute atomic E-state index is 0.241. The van der Waals surface area contributed by atoms with E-state index >= 15 is 0 Å². The zero-order chi connectivity index (χ0) is 8.15. The Kier molecular flexibility index (Phi) is 4.65. The van der Waals surface area contributed by atoms with Gasteiger partial charge in [-0.2, -0.15) is 0 Å². The standard InChI is InChI=1S/C8H20N2/c1-5-8(9)10(6-2)7(3)4/h7-8H,5-6,9H2,1-4H3. The van der Waals surface area contributed by atoms with Crippen molar-refractivity contribution in [3.63, 3.8) is 0 Å². The van der Waals surface area contributed by atoms with Gasteiger partial charge >= 0.3 is 0 Å². The van der Waals surface area contributed by atoms with Gasteiger partial charge in [-0.3, -0.25) is 4.90 Å². The first kappa shape index (κ1) is 9.92. The van der Waals surface area contributed by atoms with Crippen molar-refractivity contribution in [1.82, 2.24) is 4.90 Å². The molecule has 0 aromatic carbocycles. The van der Waals surface area contributed by atoms with Crippen molar-refractivity contribution in [3.8, 4) is 0 Å². The van der Waals surface area contributed by atoms with E-state index in [1.165, 1.54) is 0 Å². The fraction of sp³-hybridized carbons (Fsp3) is 1.00. The Labute approximate surface area is 64.4 Å². The molecule has 0 saturated heterocycles. The van der Waals surface area contributed by atoms with E-state index in [4.69, 9.17) is 5.73 Å². The van der Waals surface area contributed by atoms with Gasteiger partial charge in [0.15, 0.2) is 0 Å². The molecule has 0 aromatic heterocycles. The van der Waals surface area contributed by atoms with Crippen LogP contribution in [0.4, 0.5) is 0 Å². The molecule has 2 nitrogen and oxygen atoms in total. The van der Waals surface area contributed by atoms with Crippen molar-refractivity contribution in [1.29, 1.82) is 0 Å². The molecule has 0 bridgehead atoms. The predicted molar refractivity (Wildman–Crippen MR) is 45.8 cm³/mol. The van der Waals surface area contributed by atoms with Gasteiger partial charge < -0.3 is 5.73 Å². The summed E-state index contributed by atoms with van der Waals surface area (Å²) in [7, 11) is 0. The average molecular weight is 144 g/mol. The van der Waals surface area contributed by atoms with Crippen molar-refractivity contribution in [2.75, 3.05) is 6.54 Å². The Morgan fingerprint density at radius 3 is 1.90 bits per heavy atom. The maximum Gasteiger partial charge on any atom is 0.0571 e. The summed E-state index contributed by atoms with van der Waals surface area (Å²) in [5.74, 6) is 0. The summed E-state index contributed by atoms with van der Waals surface area (Å²) >= 11 is 0. The molecular weight excluding hydrogens is 124 g/mol. The first-order valence-corrected chi connectivity index (χ1v) is 4.14. The predicted octanol–water partition coefficient (Wildman–Crippen LogP) is 1.41. The van der Waals surface area contributed by atoms with Gasteiger partial charge in [0.2, 0.25) is 0 Å². The molecule has 0 amide bonds. The van der Waals surface area contributed by atoms with E-state index < -0.39 is 0 Å². The first-order valence-electron chi connectivity index (χ1n) is 4.14. The lowest BCUT2D eigenvalue weighted by molar-refractivity contribution is 0.161. The third-order valence-electron chi connectivity index (χ3n) is 1.87.